The molecule has 0 aliphatic carbocycles. The van der Waals surface area contributed by atoms with Gasteiger partial charge in [-0.05, 0) is 39.7 Å². The number of nitrogens with zero attached hydrogens (tertiary/aromatic N) is 1. The Kier molecular flexibility index (Phi) is 6.52. The molecule has 1 aliphatic heterocycles. The fraction of sp³-hybridized carbons (Fsp3) is 0.923. The first-order valence-electron chi connectivity index (χ1n) is 6.86. The molecule has 3 N–H and O–H groups in total. The molecule has 4 nitrogen and oxygen atoms in total. The number of rotatable bonds is 6. The molecule has 1 saturated heterocycles. The monoisotopic (exact) mass is 241 g/mol. The van der Waals surface area contributed by atoms with Crippen LogP contribution in [0.2, 0.25) is 0 Å². The average Bonchev–Trinajstić information content (AvgIpc) is 2.25. The second-order valence-electron chi connectivity index (χ2n) is 5.27. The Balaban J connectivity index is 2.05. The van der Waals surface area contributed by atoms with Crippen LogP contribution in [-0.2, 0) is 4.79 Å². The summed E-state index contributed by atoms with van der Waals surface area (Å²) in [7, 11) is 0. The highest BCUT2D eigenvalue weighted by molar-refractivity contribution is 5.76. The van der Waals surface area contributed by atoms with Crippen molar-refractivity contribution in [1.29, 1.82) is 0 Å². The number of hydrogen-bond donors (Lipinski definition) is 2. The van der Waals surface area contributed by atoms with Crippen LogP contribution in [0.4, 0.5) is 0 Å². The van der Waals surface area contributed by atoms with Gasteiger partial charge in [0.1, 0.15) is 0 Å². The van der Waals surface area contributed by atoms with Gasteiger partial charge in [0.25, 0.3) is 0 Å². The van der Waals surface area contributed by atoms with Gasteiger partial charge >= 0.3 is 0 Å². The van der Waals surface area contributed by atoms with E-state index in [1.54, 1.807) is 0 Å². The first kappa shape index (κ1) is 14.5. The Morgan fingerprint density at radius 2 is 2.29 bits per heavy atom. The average molecular weight is 241 g/mol. The van der Waals surface area contributed by atoms with Gasteiger partial charge in [-0.1, -0.05) is 6.42 Å². The molecule has 1 aliphatic rings. The maximum absolute atomic E-state index is 11.4. The van der Waals surface area contributed by atoms with Crippen LogP contribution in [0.1, 0.15) is 46.0 Å². The molecule has 1 heterocycles. The summed E-state index contributed by atoms with van der Waals surface area (Å²) in [5.74, 6) is 0.0756. The number of hydrogen-bond acceptors (Lipinski definition) is 3. The van der Waals surface area contributed by atoms with Gasteiger partial charge in [-0.25, -0.2) is 0 Å². The first-order valence-corrected chi connectivity index (χ1v) is 6.86. The largest absolute Gasteiger partial charge is 0.356 e. The number of piperidine rings is 1. The lowest BCUT2D eigenvalue weighted by Crippen LogP contribution is -2.39. The minimum atomic E-state index is -0.0443. The van der Waals surface area contributed by atoms with E-state index in [2.05, 4.69) is 17.1 Å². The van der Waals surface area contributed by atoms with Crippen molar-refractivity contribution in [2.45, 2.75) is 58.0 Å². The fourth-order valence-corrected chi connectivity index (χ4v) is 2.36. The Bertz CT molecular complexity index is 231. The van der Waals surface area contributed by atoms with Gasteiger partial charge in [0.2, 0.25) is 5.91 Å². The third kappa shape index (κ3) is 6.03. The number of nitrogens with two attached hydrogens (primary N) is 1. The zero-order chi connectivity index (χ0) is 12.7. The number of nitrogens with one attached hydrogen (secondary N) is 1. The molecule has 0 aromatic rings. The lowest BCUT2D eigenvalue weighted by atomic mass is 10.0. The molecular weight excluding hydrogens is 214 g/mol. The molecule has 1 fully saturated rings. The summed E-state index contributed by atoms with van der Waals surface area (Å²) in [5.41, 5.74) is 5.56. The quantitative estimate of drug-likeness (QED) is 0.685. The predicted octanol–water partition coefficient (Wildman–Crippen LogP) is 1.10. The van der Waals surface area contributed by atoms with E-state index in [0.29, 0.717) is 12.5 Å². The van der Waals surface area contributed by atoms with E-state index in [1.165, 1.54) is 25.8 Å². The number of carbonyl (C=O) groups is 1. The van der Waals surface area contributed by atoms with E-state index >= 15 is 0 Å². The molecule has 1 amide bonds. The molecular formula is C13H27N3O. The Labute approximate surface area is 105 Å². The molecule has 0 spiro atoms. The third-order valence-corrected chi connectivity index (χ3v) is 3.39. The lowest BCUT2D eigenvalue weighted by molar-refractivity contribution is -0.121. The van der Waals surface area contributed by atoms with Crippen molar-refractivity contribution in [3.8, 4) is 0 Å². The summed E-state index contributed by atoms with van der Waals surface area (Å²) in [4.78, 5) is 13.9. The van der Waals surface area contributed by atoms with Crippen LogP contribution in [0, 0.1) is 0 Å². The summed E-state index contributed by atoms with van der Waals surface area (Å²) in [5, 5.41) is 2.92. The topological polar surface area (TPSA) is 58.4 Å². The van der Waals surface area contributed by atoms with Crippen LogP contribution in [0.15, 0.2) is 0 Å². The molecule has 100 valence electrons. The van der Waals surface area contributed by atoms with Crippen LogP contribution in [0.5, 0.6) is 0 Å². The van der Waals surface area contributed by atoms with Gasteiger partial charge in [0.05, 0.1) is 0 Å². The molecule has 0 aromatic heterocycles. The van der Waals surface area contributed by atoms with Crippen molar-refractivity contribution < 1.29 is 4.79 Å². The van der Waals surface area contributed by atoms with Crippen LogP contribution < -0.4 is 11.1 Å². The van der Waals surface area contributed by atoms with Crippen molar-refractivity contribution >= 4 is 5.91 Å². The maximum atomic E-state index is 11.4. The summed E-state index contributed by atoms with van der Waals surface area (Å²) >= 11 is 0. The van der Waals surface area contributed by atoms with E-state index < -0.39 is 0 Å². The van der Waals surface area contributed by atoms with Gasteiger partial charge in [0, 0.05) is 31.6 Å². The number of carbonyl (C=O) groups excluding carboxylic acids is 1. The highest BCUT2D eigenvalue weighted by atomic mass is 16.1. The van der Waals surface area contributed by atoms with Crippen molar-refractivity contribution in [2.24, 2.45) is 5.73 Å². The van der Waals surface area contributed by atoms with E-state index in [1.807, 2.05) is 6.92 Å². The van der Waals surface area contributed by atoms with Crippen LogP contribution in [0.25, 0.3) is 0 Å². The molecule has 0 saturated carbocycles. The maximum Gasteiger partial charge on any atom is 0.221 e. The molecule has 0 radical (unpaired) electrons. The van der Waals surface area contributed by atoms with Crippen molar-refractivity contribution in [3.05, 3.63) is 0 Å². The minimum Gasteiger partial charge on any atom is -0.356 e. The van der Waals surface area contributed by atoms with Crippen LogP contribution in [0.3, 0.4) is 0 Å². The van der Waals surface area contributed by atoms with E-state index in [4.69, 9.17) is 5.73 Å². The van der Waals surface area contributed by atoms with E-state index in [0.717, 1.165) is 19.5 Å². The third-order valence-electron chi connectivity index (χ3n) is 3.39. The second-order valence-corrected chi connectivity index (χ2v) is 5.27. The Morgan fingerprint density at radius 1 is 1.53 bits per heavy atom. The predicted molar refractivity (Wildman–Crippen MR) is 70.8 cm³/mol. The zero-order valence-corrected chi connectivity index (χ0v) is 11.2. The normalized spacial score (nSPS) is 23.4. The van der Waals surface area contributed by atoms with Gasteiger partial charge in [0.15, 0.2) is 0 Å². The van der Waals surface area contributed by atoms with Crippen LogP contribution in [-0.4, -0.2) is 42.5 Å². The van der Waals surface area contributed by atoms with Gasteiger partial charge in [-0.2, -0.15) is 0 Å². The molecule has 2 atom stereocenters. The van der Waals surface area contributed by atoms with Gasteiger partial charge in [-0.15, -0.1) is 0 Å². The van der Waals surface area contributed by atoms with Crippen molar-refractivity contribution in [1.82, 2.24) is 10.2 Å². The summed E-state index contributed by atoms with van der Waals surface area (Å²) in [6.45, 7) is 7.24. The molecule has 17 heavy (non-hydrogen) atoms. The van der Waals surface area contributed by atoms with Gasteiger partial charge < -0.3 is 16.0 Å². The molecule has 2 unspecified atom stereocenters. The SMILES string of the molecule is CC(N)CC(=O)NCCCN1CCCCC1C. The Morgan fingerprint density at radius 3 is 2.94 bits per heavy atom. The molecule has 0 aromatic carbocycles. The molecule has 1 rings (SSSR count). The lowest BCUT2D eigenvalue weighted by Gasteiger charge is -2.33. The first-order chi connectivity index (χ1) is 8.09. The number of likely N-dealkylation sites (tertiary alicyclic amines) is 1. The molecule has 4 heteroatoms. The minimum absolute atomic E-state index is 0.0443. The highest BCUT2D eigenvalue weighted by Crippen LogP contribution is 2.15. The van der Waals surface area contributed by atoms with Crippen LogP contribution >= 0.6 is 0 Å². The van der Waals surface area contributed by atoms with E-state index in [-0.39, 0.29) is 11.9 Å². The number of amides is 1. The second kappa shape index (κ2) is 7.67. The fourth-order valence-electron chi connectivity index (χ4n) is 2.36. The standard InChI is InChI=1S/C13H27N3O/c1-11(14)10-13(17)15-7-5-9-16-8-4-3-6-12(16)2/h11-12H,3-10,14H2,1-2H3,(H,15,17). The summed E-state index contributed by atoms with van der Waals surface area (Å²) in [6.07, 6.45) is 5.47. The van der Waals surface area contributed by atoms with Crippen molar-refractivity contribution in [3.63, 3.8) is 0 Å². The summed E-state index contributed by atoms with van der Waals surface area (Å²) < 4.78 is 0. The van der Waals surface area contributed by atoms with Gasteiger partial charge in [-0.3, -0.25) is 4.79 Å². The van der Waals surface area contributed by atoms with Crippen molar-refractivity contribution in [2.75, 3.05) is 19.6 Å². The van der Waals surface area contributed by atoms with E-state index in [9.17, 15) is 4.79 Å². The molecule has 0 bridgehead atoms. The Hall–Kier alpha value is -0.610. The zero-order valence-electron chi connectivity index (χ0n) is 11.2. The highest BCUT2D eigenvalue weighted by Gasteiger charge is 2.17. The summed E-state index contributed by atoms with van der Waals surface area (Å²) in [6, 6.07) is 0.667. The smallest absolute Gasteiger partial charge is 0.221 e.